The minimum atomic E-state index is 0.871. The Morgan fingerprint density at radius 1 is 1.32 bits per heavy atom. The summed E-state index contributed by atoms with van der Waals surface area (Å²) in [6, 6.07) is 0. The van der Waals surface area contributed by atoms with Crippen molar-refractivity contribution in [1.82, 2.24) is 24.6 Å². The van der Waals surface area contributed by atoms with Crippen LogP contribution in [0.3, 0.4) is 0 Å². The summed E-state index contributed by atoms with van der Waals surface area (Å²) >= 11 is 0. The van der Waals surface area contributed by atoms with Gasteiger partial charge in [-0.15, -0.1) is 0 Å². The highest BCUT2D eigenvalue weighted by atomic mass is 15.3. The first kappa shape index (κ1) is 12.3. The Kier molecular flexibility index (Phi) is 3.06. The third-order valence-electron chi connectivity index (χ3n) is 3.64. The zero-order valence-corrected chi connectivity index (χ0v) is 11.7. The van der Waals surface area contributed by atoms with Crippen molar-refractivity contribution >= 4 is 0 Å². The standard InChI is InChI=1S/C14H19N5/c1-10-13(7-18(3)17-10)9-19-5-4-14-12(8-19)6-15-11(2)16-14/h6-7H,4-5,8-9H2,1-3H3. The van der Waals surface area contributed by atoms with Gasteiger partial charge in [0, 0.05) is 62.3 Å². The lowest BCUT2D eigenvalue weighted by molar-refractivity contribution is 0.242. The molecular weight excluding hydrogens is 238 g/mol. The van der Waals surface area contributed by atoms with Crippen LogP contribution in [0.2, 0.25) is 0 Å². The average molecular weight is 257 g/mol. The Balaban J connectivity index is 1.75. The molecule has 1 aliphatic heterocycles. The van der Waals surface area contributed by atoms with Gasteiger partial charge >= 0.3 is 0 Å². The van der Waals surface area contributed by atoms with Gasteiger partial charge in [0.1, 0.15) is 5.82 Å². The molecule has 0 fully saturated rings. The minimum absolute atomic E-state index is 0.871. The van der Waals surface area contributed by atoms with Gasteiger partial charge < -0.3 is 0 Å². The first-order valence-electron chi connectivity index (χ1n) is 6.64. The van der Waals surface area contributed by atoms with E-state index < -0.39 is 0 Å². The maximum atomic E-state index is 4.52. The molecule has 0 spiro atoms. The molecule has 0 aliphatic carbocycles. The topological polar surface area (TPSA) is 46.8 Å². The van der Waals surface area contributed by atoms with Gasteiger partial charge in [-0.2, -0.15) is 5.10 Å². The van der Waals surface area contributed by atoms with Gasteiger partial charge in [-0.1, -0.05) is 0 Å². The SMILES string of the molecule is Cc1ncc2c(n1)CCN(Cc1cn(C)nc1C)C2. The minimum Gasteiger partial charge on any atom is -0.294 e. The zero-order valence-electron chi connectivity index (χ0n) is 11.7. The summed E-state index contributed by atoms with van der Waals surface area (Å²) < 4.78 is 1.88. The van der Waals surface area contributed by atoms with Crippen molar-refractivity contribution in [3.63, 3.8) is 0 Å². The van der Waals surface area contributed by atoms with Crippen LogP contribution in [-0.2, 0) is 26.6 Å². The molecule has 2 aromatic rings. The second-order valence-corrected chi connectivity index (χ2v) is 5.26. The number of fused-ring (bicyclic) bond motifs is 1. The molecule has 2 aromatic heterocycles. The fraction of sp³-hybridized carbons (Fsp3) is 0.500. The van der Waals surface area contributed by atoms with Crippen LogP contribution < -0.4 is 0 Å². The molecule has 5 nitrogen and oxygen atoms in total. The highest BCUT2D eigenvalue weighted by Gasteiger charge is 2.19. The number of aromatic nitrogens is 4. The second-order valence-electron chi connectivity index (χ2n) is 5.26. The van der Waals surface area contributed by atoms with E-state index in [1.165, 1.54) is 16.8 Å². The van der Waals surface area contributed by atoms with Crippen LogP contribution in [0.1, 0.15) is 28.3 Å². The molecule has 0 N–H and O–H groups in total. The number of aryl methyl sites for hydroxylation is 3. The maximum absolute atomic E-state index is 4.52. The van der Waals surface area contributed by atoms with Gasteiger partial charge in [0.25, 0.3) is 0 Å². The molecular formula is C14H19N5. The fourth-order valence-corrected chi connectivity index (χ4v) is 2.65. The van der Waals surface area contributed by atoms with Crippen LogP contribution >= 0.6 is 0 Å². The van der Waals surface area contributed by atoms with Crippen LogP contribution in [0.4, 0.5) is 0 Å². The van der Waals surface area contributed by atoms with Gasteiger partial charge in [0.2, 0.25) is 0 Å². The first-order chi connectivity index (χ1) is 9.11. The monoisotopic (exact) mass is 257 g/mol. The summed E-state index contributed by atoms with van der Waals surface area (Å²) in [6.45, 7) is 6.96. The van der Waals surface area contributed by atoms with E-state index in [2.05, 4.69) is 33.1 Å². The molecule has 0 atom stereocenters. The third-order valence-corrected chi connectivity index (χ3v) is 3.64. The molecule has 0 saturated heterocycles. The number of nitrogens with zero attached hydrogens (tertiary/aromatic N) is 5. The number of hydrogen-bond donors (Lipinski definition) is 0. The van der Waals surface area contributed by atoms with Gasteiger partial charge in [-0.3, -0.25) is 9.58 Å². The molecule has 0 radical (unpaired) electrons. The van der Waals surface area contributed by atoms with E-state index in [1.54, 1.807) is 0 Å². The Labute approximate surface area is 113 Å². The van der Waals surface area contributed by atoms with Crippen molar-refractivity contribution in [3.05, 3.63) is 40.7 Å². The Bertz CT molecular complexity index is 602. The van der Waals surface area contributed by atoms with Crippen molar-refractivity contribution < 1.29 is 0 Å². The molecule has 100 valence electrons. The maximum Gasteiger partial charge on any atom is 0.125 e. The van der Waals surface area contributed by atoms with Gasteiger partial charge in [-0.25, -0.2) is 9.97 Å². The predicted octanol–water partition coefficient (Wildman–Crippen LogP) is 1.39. The largest absolute Gasteiger partial charge is 0.294 e. The lowest BCUT2D eigenvalue weighted by Crippen LogP contribution is -2.31. The zero-order chi connectivity index (χ0) is 13.4. The van der Waals surface area contributed by atoms with Gasteiger partial charge in [0.05, 0.1) is 5.69 Å². The molecule has 5 heteroatoms. The van der Waals surface area contributed by atoms with Crippen molar-refractivity contribution in [2.24, 2.45) is 7.05 Å². The lowest BCUT2D eigenvalue weighted by atomic mass is 10.1. The second kappa shape index (κ2) is 4.74. The van der Waals surface area contributed by atoms with E-state index >= 15 is 0 Å². The highest BCUT2D eigenvalue weighted by Crippen LogP contribution is 2.19. The van der Waals surface area contributed by atoms with E-state index in [0.29, 0.717) is 0 Å². The molecule has 0 aromatic carbocycles. The Morgan fingerprint density at radius 3 is 2.89 bits per heavy atom. The third kappa shape index (κ3) is 2.51. The Morgan fingerprint density at radius 2 is 2.16 bits per heavy atom. The van der Waals surface area contributed by atoms with Crippen LogP contribution in [0.25, 0.3) is 0 Å². The van der Waals surface area contributed by atoms with E-state index in [9.17, 15) is 0 Å². The van der Waals surface area contributed by atoms with Crippen molar-refractivity contribution in [2.45, 2.75) is 33.4 Å². The highest BCUT2D eigenvalue weighted by molar-refractivity contribution is 5.21. The smallest absolute Gasteiger partial charge is 0.125 e. The molecule has 0 bridgehead atoms. The molecule has 3 rings (SSSR count). The van der Waals surface area contributed by atoms with E-state index in [4.69, 9.17) is 0 Å². The molecule has 1 aliphatic rings. The summed E-state index contributed by atoms with van der Waals surface area (Å²) in [5, 5.41) is 4.40. The van der Waals surface area contributed by atoms with Crippen LogP contribution in [-0.4, -0.2) is 31.2 Å². The summed E-state index contributed by atoms with van der Waals surface area (Å²) in [7, 11) is 1.97. The van der Waals surface area contributed by atoms with Crippen molar-refractivity contribution in [1.29, 1.82) is 0 Å². The quantitative estimate of drug-likeness (QED) is 0.815. The van der Waals surface area contributed by atoms with E-state index in [-0.39, 0.29) is 0 Å². The fourth-order valence-electron chi connectivity index (χ4n) is 2.65. The average Bonchev–Trinajstić information content (AvgIpc) is 2.68. The summed E-state index contributed by atoms with van der Waals surface area (Å²) in [4.78, 5) is 11.3. The van der Waals surface area contributed by atoms with Gasteiger partial charge in [0.15, 0.2) is 0 Å². The molecule has 0 saturated carbocycles. The number of rotatable bonds is 2. The summed E-state index contributed by atoms with van der Waals surface area (Å²) in [5.41, 5.74) is 4.90. The van der Waals surface area contributed by atoms with Gasteiger partial charge in [-0.05, 0) is 13.8 Å². The van der Waals surface area contributed by atoms with E-state index in [1.807, 2.05) is 24.9 Å². The van der Waals surface area contributed by atoms with Crippen molar-refractivity contribution in [2.75, 3.05) is 6.54 Å². The molecule has 3 heterocycles. The molecule has 19 heavy (non-hydrogen) atoms. The Hall–Kier alpha value is -1.75. The van der Waals surface area contributed by atoms with Crippen molar-refractivity contribution in [3.8, 4) is 0 Å². The summed E-state index contributed by atoms with van der Waals surface area (Å²) in [5.74, 6) is 0.871. The lowest BCUT2D eigenvalue weighted by Gasteiger charge is -2.27. The van der Waals surface area contributed by atoms with Crippen LogP contribution in [0.15, 0.2) is 12.4 Å². The normalized spacial score (nSPS) is 15.5. The van der Waals surface area contributed by atoms with E-state index in [0.717, 1.165) is 37.6 Å². The number of hydrogen-bond acceptors (Lipinski definition) is 4. The molecule has 0 amide bonds. The van der Waals surface area contributed by atoms with Crippen LogP contribution in [0, 0.1) is 13.8 Å². The van der Waals surface area contributed by atoms with Crippen LogP contribution in [0.5, 0.6) is 0 Å². The first-order valence-corrected chi connectivity index (χ1v) is 6.64. The molecule has 0 unspecified atom stereocenters. The summed E-state index contributed by atoms with van der Waals surface area (Å²) in [6.07, 6.45) is 5.09. The predicted molar refractivity (Wildman–Crippen MR) is 72.5 cm³/mol.